The maximum atomic E-state index is 13.4. The highest BCUT2D eigenvalue weighted by molar-refractivity contribution is 5.91. The molecule has 120 valence electrons. The molecule has 0 heterocycles. The Morgan fingerprint density at radius 1 is 1.27 bits per heavy atom. The standard InChI is InChI=1S/C17H22FNO3/c1-11-6-5-9-15(12(11)2)19-16(20)10-22-17(21)13-7-3-4-8-14(13)18/h3-4,7-8,11-12,15H,5-6,9-10H2,1-2H3,(H,19,20)/t11-,12+,15-/m1/s1. The Bertz CT molecular complexity index is 546. The SMILES string of the molecule is C[C@H]1[C@H](C)CCC[C@H]1NC(=O)COC(=O)c1ccccc1F. The number of amides is 1. The van der Waals surface area contributed by atoms with E-state index < -0.39 is 11.8 Å². The van der Waals surface area contributed by atoms with Crippen molar-refractivity contribution in [2.45, 2.75) is 39.2 Å². The van der Waals surface area contributed by atoms with Crippen molar-refractivity contribution in [1.82, 2.24) is 5.32 Å². The number of benzene rings is 1. The van der Waals surface area contributed by atoms with Crippen molar-refractivity contribution >= 4 is 11.9 Å². The van der Waals surface area contributed by atoms with Crippen LogP contribution in [-0.2, 0) is 9.53 Å². The van der Waals surface area contributed by atoms with E-state index in [0.717, 1.165) is 12.8 Å². The predicted octanol–water partition coefficient (Wildman–Crippen LogP) is 2.92. The van der Waals surface area contributed by atoms with E-state index >= 15 is 0 Å². The largest absolute Gasteiger partial charge is 0.452 e. The molecule has 5 heteroatoms. The quantitative estimate of drug-likeness (QED) is 0.870. The molecule has 0 aliphatic heterocycles. The van der Waals surface area contributed by atoms with Gasteiger partial charge in [0.25, 0.3) is 5.91 Å². The van der Waals surface area contributed by atoms with Gasteiger partial charge in [-0.2, -0.15) is 0 Å². The second-order valence-corrected chi connectivity index (χ2v) is 6.00. The maximum Gasteiger partial charge on any atom is 0.341 e. The van der Waals surface area contributed by atoms with Crippen LogP contribution in [0.15, 0.2) is 24.3 Å². The molecule has 1 amide bonds. The number of rotatable bonds is 4. The Hall–Kier alpha value is -1.91. The fraction of sp³-hybridized carbons (Fsp3) is 0.529. The number of hydrogen-bond acceptors (Lipinski definition) is 3. The summed E-state index contributed by atoms with van der Waals surface area (Å²) in [6.45, 7) is 3.92. The van der Waals surface area contributed by atoms with Crippen LogP contribution in [-0.4, -0.2) is 24.5 Å². The first-order valence-electron chi connectivity index (χ1n) is 7.70. The molecule has 4 nitrogen and oxygen atoms in total. The molecular weight excluding hydrogens is 285 g/mol. The van der Waals surface area contributed by atoms with Gasteiger partial charge in [-0.15, -0.1) is 0 Å². The lowest BCUT2D eigenvalue weighted by Gasteiger charge is -2.34. The summed E-state index contributed by atoms with van der Waals surface area (Å²) in [5.74, 6) is -0.837. The minimum absolute atomic E-state index is 0.114. The molecule has 1 N–H and O–H groups in total. The summed E-state index contributed by atoms with van der Waals surface area (Å²) in [5.41, 5.74) is -0.157. The van der Waals surface area contributed by atoms with Gasteiger partial charge < -0.3 is 10.1 Å². The van der Waals surface area contributed by atoms with Crippen molar-refractivity contribution < 1.29 is 18.7 Å². The van der Waals surface area contributed by atoms with E-state index in [2.05, 4.69) is 19.2 Å². The van der Waals surface area contributed by atoms with Gasteiger partial charge in [0, 0.05) is 6.04 Å². The third-order valence-corrected chi connectivity index (χ3v) is 4.48. The normalized spacial score (nSPS) is 24.6. The number of carbonyl (C=O) groups excluding carboxylic acids is 2. The van der Waals surface area contributed by atoms with E-state index in [4.69, 9.17) is 4.74 Å². The van der Waals surface area contributed by atoms with Crippen molar-refractivity contribution in [2.75, 3.05) is 6.61 Å². The monoisotopic (exact) mass is 307 g/mol. The Morgan fingerprint density at radius 2 is 2.00 bits per heavy atom. The summed E-state index contributed by atoms with van der Waals surface area (Å²) in [4.78, 5) is 23.6. The van der Waals surface area contributed by atoms with Gasteiger partial charge in [-0.25, -0.2) is 9.18 Å². The van der Waals surface area contributed by atoms with Crippen LogP contribution in [0.3, 0.4) is 0 Å². The first-order valence-corrected chi connectivity index (χ1v) is 7.70. The minimum atomic E-state index is -0.821. The van der Waals surface area contributed by atoms with Crippen molar-refractivity contribution in [2.24, 2.45) is 11.8 Å². The van der Waals surface area contributed by atoms with Crippen LogP contribution in [0.1, 0.15) is 43.5 Å². The fourth-order valence-corrected chi connectivity index (χ4v) is 2.87. The molecule has 1 fully saturated rings. The molecule has 1 aliphatic rings. The molecule has 1 aromatic rings. The van der Waals surface area contributed by atoms with Gasteiger partial charge in [-0.3, -0.25) is 4.79 Å². The number of esters is 1. The second-order valence-electron chi connectivity index (χ2n) is 6.00. The summed E-state index contributed by atoms with van der Waals surface area (Å²) in [5, 5.41) is 2.91. The molecule has 0 saturated heterocycles. The van der Waals surface area contributed by atoms with E-state index in [0.29, 0.717) is 11.8 Å². The van der Waals surface area contributed by atoms with Gasteiger partial charge in [0.2, 0.25) is 0 Å². The van der Waals surface area contributed by atoms with Crippen LogP contribution in [0.5, 0.6) is 0 Å². The topological polar surface area (TPSA) is 55.4 Å². The number of hydrogen-bond donors (Lipinski definition) is 1. The maximum absolute atomic E-state index is 13.4. The zero-order valence-electron chi connectivity index (χ0n) is 13.0. The summed E-state index contributed by atoms with van der Waals surface area (Å²) in [6, 6.07) is 5.67. The number of nitrogens with one attached hydrogen (secondary N) is 1. The number of ether oxygens (including phenoxy) is 1. The van der Waals surface area contributed by atoms with Crippen LogP contribution in [0, 0.1) is 17.7 Å². The number of halogens is 1. The highest BCUT2D eigenvalue weighted by atomic mass is 19.1. The lowest BCUT2D eigenvalue weighted by Crippen LogP contribution is -2.45. The summed E-state index contributed by atoms with van der Waals surface area (Å²) >= 11 is 0. The van der Waals surface area contributed by atoms with Gasteiger partial charge in [0.15, 0.2) is 6.61 Å². The van der Waals surface area contributed by atoms with Crippen molar-refractivity contribution in [3.05, 3.63) is 35.6 Å². The van der Waals surface area contributed by atoms with Gasteiger partial charge in [0.05, 0.1) is 5.56 Å². The van der Waals surface area contributed by atoms with Crippen molar-refractivity contribution in [3.8, 4) is 0 Å². The molecule has 0 unspecified atom stereocenters. The third-order valence-electron chi connectivity index (χ3n) is 4.48. The van der Waals surface area contributed by atoms with E-state index in [-0.39, 0.29) is 24.1 Å². The van der Waals surface area contributed by atoms with Gasteiger partial charge in [-0.1, -0.05) is 38.8 Å². The van der Waals surface area contributed by atoms with Crippen molar-refractivity contribution in [1.29, 1.82) is 0 Å². The lowest BCUT2D eigenvalue weighted by molar-refractivity contribution is -0.125. The smallest absolute Gasteiger partial charge is 0.341 e. The Labute approximate surface area is 130 Å². The molecule has 1 saturated carbocycles. The highest BCUT2D eigenvalue weighted by Gasteiger charge is 2.28. The van der Waals surface area contributed by atoms with E-state index in [1.54, 1.807) is 6.07 Å². The fourth-order valence-electron chi connectivity index (χ4n) is 2.87. The molecule has 1 aliphatic carbocycles. The average molecular weight is 307 g/mol. The van der Waals surface area contributed by atoms with Crippen LogP contribution in [0.4, 0.5) is 4.39 Å². The Morgan fingerprint density at radius 3 is 2.73 bits per heavy atom. The van der Waals surface area contributed by atoms with Crippen molar-refractivity contribution in [3.63, 3.8) is 0 Å². The molecule has 2 rings (SSSR count). The van der Waals surface area contributed by atoms with Gasteiger partial charge >= 0.3 is 5.97 Å². The molecule has 3 atom stereocenters. The summed E-state index contributed by atoms with van der Waals surface area (Å²) in [6.07, 6.45) is 3.21. The lowest BCUT2D eigenvalue weighted by atomic mass is 9.78. The Kier molecular flexibility index (Phi) is 5.52. The molecule has 0 bridgehead atoms. The van der Waals surface area contributed by atoms with E-state index in [9.17, 15) is 14.0 Å². The van der Waals surface area contributed by atoms with E-state index in [1.165, 1.54) is 24.6 Å². The van der Waals surface area contributed by atoms with Gasteiger partial charge in [0.1, 0.15) is 5.82 Å². The minimum Gasteiger partial charge on any atom is -0.452 e. The van der Waals surface area contributed by atoms with Crippen LogP contribution in [0.2, 0.25) is 0 Å². The van der Waals surface area contributed by atoms with Crippen LogP contribution < -0.4 is 5.32 Å². The Balaban J connectivity index is 1.83. The predicted molar refractivity (Wildman–Crippen MR) is 80.8 cm³/mol. The average Bonchev–Trinajstić information content (AvgIpc) is 2.50. The molecule has 0 aromatic heterocycles. The second kappa shape index (κ2) is 7.38. The zero-order chi connectivity index (χ0) is 16.1. The zero-order valence-corrected chi connectivity index (χ0v) is 13.0. The molecule has 1 aromatic carbocycles. The highest BCUT2D eigenvalue weighted by Crippen LogP contribution is 2.29. The van der Waals surface area contributed by atoms with Crippen LogP contribution >= 0.6 is 0 Å². The molecule has 0 spiro atoms. The molecular formula is C17H22FNO3. The summed E-state index contributed by atoms with van der Waals surface area (Å²) < 4.78 is 18.3. The van der Waals surface area contributed by atoms with Gasteiger partial charge in [-0.05, 0) is 30.4 Å². The number of carbonyl (C=O) groups is 2. The van der Waals surface area contributed by atoms with Crippen LogP contribution in [0.25, 0.3) is 0 Å². The first kappa shape index (κ1) is 16.5. The van der Waals surface area contributed by atoms with E-state index in [1.807, 2.05) is 0 Å². The molecule has 22 heavy (non-hydrogen) atoms. The molecule has 0 radical (unpaired) electrons. The summed E-state index contributed by atoms with van der Waals surface area (Å²) in [7, 11) is 0. The first-order chi connectivity index (χ1) is 10.5. The third kappa shape index (κ3) is 4.06.